The predicted molar refractivity (Wildman–Crippen MR) is 123 cm³/mol. The van der Waals surface area contributed by atoms with Crippen LogP contribution in [-0.2, 0) is 4.79 Å². The van der Waals surface area contributed by atoms with Crippen molar-refractivity contribution in [3.63, 3.8) is 0 Å². The van der Waals surface area contributed by atoms with Gasteiger partial charge >= 0.3 is 0 Å². The highest BCUT2D eigenvalue weighted by atomic mass is 35.5. The first kappa shape index (κ1) is 21.7. The van der Waals surface area contributed by atoms with Crippen LogP contribution in [0.1, 0.15) is 18.4 Å². The van der Waals surface area contributed by atoms with E-state index >= 15 is 0 Å². The Hall–Kier alpha value is -2.01. The van der Waals surface area contributed by atoms with Gasteiger partial charge in [0.15, 0.2) is 0 Å². The molecule has 0 saturated carbocycles. The van der Waals surface area contributed by atoms with Crippen molar-refractivity contribution in [2.24, 2.45) is 0 Å². The third-order valence-corrected chi connectivity index (χ3v) is 5.63. The second kappa shape index (κ2) is 11.2. The fourth-order valence-electron chi connectivity index (χ4n) is 3.40. The molecular formula is C23H27Cl2N3O. The molecule has 2 aromatic carbocycles. The molecule has 1 aliphatic heterocycles. The fraction of sp³-hybridized carbons (Fsp3) is 0.348. The highest BCUT2D eigenvalue weighted by Gasteiger charge is 2.18. The molecule has 29 heavy (non-hydrogen) atoms. The number of hydrogen-bond donors (Lipinski definition) is 1. The Bertz CT molecular complexity index is 815. The van der Waals surface area contributed by atoms with E-state index in [-0.39, 0.29) is 5.91 Å². The Balaban J connectivity index is 1.28. The van der Waals surface area contributed by atoms with Gasteiger partial charge in [0.1, 0.15) is 0 Å². The van der Waals surface area contributed by atoms with Gasteiger partial charge in [0, 0.05) is 43.8 Å². The molecule has 1 heterocycles. The summed E-state index contributed by atoms with van der Waals surface area (Å²) in [7, 11) is 0. The second-order valence-electron chi connectivity index (χ2n) is 7.16. The Morgan fingerprint density at radius 2 is 1.69 bits per heavy atom. The molecule has 1 N–H and O–H groups in total. The summed E-state index contributed by atoms with van der Waals surface area (Å²) in [5, 5.41) is 4.46. The van der Waals surface area contributed by atoms with E-state index in [1.807, 2.05) is 42.5 Å². The number of para-hydroxylation sites is 1. The van der Waals surface area contributed by atoms with Crippen molar-refractivity contribution in [2.45, 2.75) is 12.8 Å². The van der Waals surface area contributed by atoms with Crippen LogP contribution in [0.3, 0.4) is 0 Å². The highest BCUT2D eigenvalue weighted by molar-refractivity contribution is 6.33. The number of benzene rings is 2. The number of nitrogens with zero attached hydrogens (tertiary/aromatic N) is 2. The maximum absolute atomic E-state index is 11.9. The number of hydrogen-bond acceptors (Lipinski definition) is 3. The Kier molecular flexibility index (Phi) is 8.41. The van der Waals surface area contributed by atoms with Gasteiger partial charge in [0.05, 0.1) is 10.7 Å². The molecule has 1 amide bonds. The quantitative estimate of drug-likeness (QED) is 0.484. The van der Waals surface area contributed by atoms with E-state index in [2.05, 4.69) is 21.2 Å². The first-order chi connectivity index (χ1) is 14.1. The number of amides is 1. The van der Waals surface area contributed by atoms with Crippen LogP contribution < -0.4 is 10.2 Å². The van der Waals surface area contributed by atoms with Crippen molar-refractivity contribution >= 4 is 40.9 Å². The topological polar surface area (TPSA) is 35.6 Å². The van der Waals surface area contributed by atoms with Crippen LogP contribution in [-0.4, -0.2) is 50.1 Å². The van der Waals surface area contributed by atoms with E-state index in [4.69, 9.17) is 23.2 Å². The molecule has 0 atom stereocenters. The monoisotopic (exact) mass is 431 g/mol. The van der Waals surface area contributed by atoms with E-state index in [0.717, 1.165) is 61.8 Å². The second-order valence-corrected chi connectivity index (χ2v) is 8.01. The highest BCUT2D eigenvalue weighted by Crippen LogP contribution is 2.26. The van der Waals surface area contributed by atoms with Crippen LogP contribution in [0.2, 0.25) is 10.0 Å². The van der Waals surface area contributed by atoms with Gasteiger partial charge in [-0.05, 0) is 55.3 Å². The molecule has 6 heteroatoms. The molecule has 0 spiro atoms. The first-order valence-corrected chi connectivity index (χ1v) is 10.8. The summed E-state index contributed by atoms with van der Waals surface area (Å²) in [6, 6.07) is 15.4. The maximum atomic E-state index is 11.9. The zero-order valence-corrected chi connectivity index (χ0v) is 18.0. The van der Waals surface area contributed by atoms with Gasteiger partial charge in [-0.1, -0.05) is 47.5 Å². The molecule has 1 saturated heterocycles. The van der Waals surface area contributed by atoms with Gasteiger partial charge in [-0.15, -0.1) is 0 Å². The van der Waals surface area contributed by atoms with E-state index < -0.39 is 0 Å². The summed E-state index contributed by atoms with van der Waals surface area (Å²) >= 11 is 12.2. The summed E-state index contributed by atoms with van der Waals surface area (Å²) in [6.45, 7) is 5.84. The zero-order chi connectivity index (χ0) is 20.5. The van der Waals surface area contributed by atoms with Gasteiger partial charge in [0.2, 0.25) is 5.91 Å². The van der Waals surface area contributed by atoms with Gasteiger partial charge in [-0.2, -0.15) is 0 Å². The lowest BCUT2D eigenvalue weighted by Crippen LogP contribution is -2.46. The average Bonchev–Trinajstić information content (AvgIpc) is 2.74. The number of halogens is 2. The van der Waals surface area contributed by atoms with Gasteiger partial charge < -0.3 is 10.2 Å². The predicted octanol–water partition coefficient (Wildman–Crippen LogP) is 4.73. The van der Waals surface area contributed by atoms with E-state index in [1.165, 1.54) is 0 Å². The summed E-state index contributed by atoms with van der Waals surface area (Å²) in [6.07, 6.45) is 5.42. The van der Waals surface area contributed by atoms with Crippen LogP contribution in [0.25, 0.3) is 6.08 Å². The lowest BCUT2D eigenvalue weighted by molar-refractivity contribution is -0.116. The third-order valence-electron chi connectivity index (χ3n) is 5.06. The molecule has 2 aromatic rings. The van der Waals surface area contributed by atoms with Crippen molar-refractivity contribution in [3.8, 4) is 0 Å². The molecule has 1 fully saturated rings. The molecule has 1 aliphatic rings. The van der Waals surface area contributed by atoms with Crippen LogP contribution >= 0.6 is 23.2 Å². The molecular weight excluding hydrogens is 405 g/mol. The third kappa shape index (κ3) is 7.07. The van der Waals surface area contributed by atoms with Gasteiger partial charge in [0.25, 0.3) is 0 Å². The number of unbranched alkanes of at least 4 members (excludes halogenated alkanes) is 1. The van der Waals surface area contributed by atoms with Crippen molar-refractivity contribution in [3.05, 3.63) is 70.2 Å². The van der Waals surface area contributed by atoms with E-state index in [0.29, 0.717) is 11.6 Å². The summed E-state index contributed by atoms with van der Waals surface area (Å²) in [5.41, 5.74) is 2.09. The number of carbonyl (C=O) groups is 1. The largest absolute Gasteiger partial charge is 0.368 e. The van der Waals surface area contributed by atoms with E-state index in [9.17, 15) is 4.79 Å². The Morgan fingerprint density at radius 3 is 2.41 bits per heavy atom. The Labute approximate surface area is 183 Å². The number of carbonyl (C=O) groups excluding carboxylic acids is 1. The lowest BCUT2D eigenvalue weighted by Gasteiger charge is -2.36. The minimum Gasteiger partial charge on any atom is -0.368 e. The SMILES string of the molecule is O=C(/C=C/c1ccc(Cl)cc1)NCCCCN1CCN(c2ccccc2Cl)CC1. The number of anilines is 1. The molecule has 0 aromatic heterocycles. The molecule has 3 rings (SSSR count). The van der Waals surface area contributed by atoms with Crippen molar-refractivity contribution in [1.82, 2.24) is 10.2 Å². The lowest BCUT2D eigenvalue weighted by atomic mass is 10.2. The van der Waals surface area contributed by atoms with Crippen molar-refractivity contribution in [1.29, 1.82) is 0 Å². The number of nitrogens with one attached hydrogen (secondary N) is 1. The molecule has 0 radical (unpaired) electrons. The smallest absolute Gasteiger partial charge is 0.243 e. The first-order valence-electron chi connectivity index (χ1n) is 10.0. The molecule has 0 aliphatic carbocycles. The minimum atomic E-state index is -0.0618. The van der Waals surface area contributed by atoms with Gasteiger partial charge in [-0.3, -0.25) is 9.69 Å². The molecule has 4 nitrogen and oxygen atoms in total. The summed E-state index contributed by atoms with van der Waals surface area (Å²) < 4.78 is 0. The standard InChI is InChI=1S/C23H27Cl2N3O/c24-20-10-7-19(8-11-20)9-12-23(29)26-13-3-4-14-27-15-17-28(18-16-27)22-6-2-1-5-21(22)25/h1-2,5-12H,3-4,13-18H2,(H,26,29)/b12-9+. The van der Waals surface area contributed by atoms with Crippen LogP contribution in [0, 0.1) is 0 Å². The maximum Gasteiger partial charge on any atom is 0.243 e. The van der Waals surface area contributed by atoms with E-state index in [1.54, 1.807) is 12.2 Å². The molecule has 0 bridgehead atoms. The van der Waals surface area contributed by atoms with Crippen molar-refractivity contribution < 1.29 is 4.79 Å². The summed E-state index contributed by atoms with van der Waals surface area (Å²) in [5.74, 6) is -0.0618. The summed E-state index contributed by atoms with van der Waals surface area (Å²) in [4.78, 5) is 16.7. The van der Waals surface area contributed by atoms with Crippen LogP contribution in [0.15, 0.2) is 54.6 Å². The number of rotatable bonds is 8. The normalized spacial score (nSPS) is 15.0. The number of piperazine rings is 1. The zero-order valence-electron chi connectivity index (χ0n) is 16.5. The van der Waals surface area contributed by atoms with Gasteiger partial charge in [-0.25, -0.2) is 0 Å². The molecule has 154 valence electrons. The Morgan fingerprint density at radius 1 is 0.966 bits per heavy atom. The van der Waals surface area contributed by atoms with Crippen molar-refractivity contribution in [2.75, 3.05) is 44.2 Å². The molecule has 0 unspecified atom stereocenters. The minimum absolute atomic E-state index is 0.0618. The fourth-order valence-corrected chi connectivity index (χ4v) is 3.78. The van der Waals surface area contributed by atoms with Crippen LogP contribution in [0.4, 0.5) is 5.69 Å². The van der Waals surface area contributed by atoms with Crippen LogP contribution in [0.5, 0.6) is 0 Å². The average molecular weight is 432 g/mol.